The molecular weight excluding hydrogens is 622 g/mol. The van der Waals surface area contributed by atoms with Crippen molar-refractivity contribution >= 4 is 23.4 Å². The zero-order valence-corrected chi connectivity index (χ0v) is 24.8. The predicted octanol–water partition coefficient (Wildman–Crippen LogP) is 6.75. The van der Waals surface area contributed by atoms with Crippen molar-refractivity contribution in [3.05, 3.63) is 93.8 Å². The molecule has 7 heteroatoms. The van der Waals surface area contributed by atoms with Gasteiger partial charge in [-0.15, -0.1) is 0 Å². The summed E-state index contributed by atoms with van der Waals surface area (Å²) in [4.78, 5) is 3.64. The average molecular weight is 659 g/mol. The van der Waals surface area contributed by atoms with E-state index >= 15 is 0 Å². The van der Waals surface area contributed by atoms with Crippen molar-refractivity contribution in [1.82, 2.24) is 15.5 Å². The summed E-state index contributed by atoms with van der Waals surface area (Å²) in [6.45, 7) is 10.5. The summed E-state index contributed by atoms with van der Waals surface area (Å²) in [5.41, 5.74) is 3.64. The smallest absolute Gasteiger partial charge is 0.102 e. The maximum absolute atomic E-state index is 9.40. The number of aliphatic hydroxyl groups is 1. The number of rotatable bonds is 4. The van der Waals surface area contributed by atoms with Crippen LogP contribution in [0.3, 0.4) is 0 Å². The van der Waals surface area contributed by atoms with Crippen molar-refractivity contribution in [2.75, 3.05) is 26.7 Å². The van der Waals surface area contributed by atoms with E-state index in [1.165, 1.54) is 22.4 Å². The Hall–Kier alpha value is -1.39. The van der Waals surface area contributed by atoms with Gasteiger partial charge >= 0.3 is 0 Å². The number of halogens is 1. The molecule has 3 N–H and O–H groups in total. The Morgan fingerprint density at radius 3 is 2.42 bits per heavy atom. The molecule has 33 heavy (non-hydrogen) atoms. The van der Waals surface area contributed by atoms with E-state index in [9.17, 15) is 5.11 Å². The van der Waals surface area contributed by atoms with Crippen molar-refractivity contribution in [3.8, 4) is 0 Å². The summed E-state index contributed by atoms with van der Waals surface area (Å²) in [7, 11) is 1.90. The van der Waals surface area contributed by atoms with Gasteiger partial charge in [0.05, 0.1) is 18.5 Å². The van der Waals surface area contributed by atoms with Crippen LogP contribution in [0.4, 0.5) is 0 Å². The monoisotopic (exact) mass is 658 g/mol. The first-order valence-electron chi connectivity index (χ1n) is 11.3. The van der Waals surface area contributed by atoms with Crippen LogP contribution in [0.15, 0.2) is 77.2 Å². The average Bonchev–Trinajstić information content (AvgIpc) is 3.30. The summed E-state index contributed by atoms with van der Waals surface area (Å²) in [5, 5.41) is 17.2. The van der Waals surface area contributed by atoms with Crippen LogP contribution in [-0.4, -0.2) is 36.7 Å². The third kappa shape index (κ3) is 10.6. The Kier molecular flexibility index (Phi) is 18.2. The molecule has 4 rings (SSSR count). The van der Waals surface area contributed by atoms with Crippen LogP contribution in [0.2, 0.25) is 5.02 Å². The normalized spacial score (nSPS) is 16.4. The van der Waals surface area contributed by atoms with Crippen molar-refractivity contribution in [1.29, 1.82) is 0 Å². The number of aliphatic hydroxyl groups excluding tert-OH is 1. The molecule has 0 saturated carbocycles. The van der Waals surface area contributed by atoms with Crippen LogP contribution in [0.5, 0.6) is 0 Å². The summed E-state index contributed by atoms with van der Waals surface area (Å²) in [6.07, 6.45) is 2.23. The molecule has 2 aromatic rings. The Balaban J connectivity index is 0.000000720. The van der Waals surface area contributed by atoms with Crippen LogP contribution >= 0.6 is 23.4 Å². The van der Waals surface area contributed by atoms with Gasteiger partial charge in [-0.2, -0.15) is 41.9 Å². The third-order valence-corrected chi connectivity index (χ3v) is 6.07. The summed E-state index contributed by atoms with van der Waals surface area (Å²) in [6, 6.07) is 20.6. The van der Waals surface area contributed by atoms with Gasteiger partial charge in [0.2, 0.25) is 0 Å². The minimum Gasteiger partial charge on any atom is -0.514 e. The SMILES string of the molecule is CC.CC.CNC/C(=C/O)N1CCC2=C(C1)SC(c1ccccc1)N2.Clc1c[c-]ccc1.[W]. The Bertz CT molecular complexity index is 819. The molecule has 0 amide bonds. The van der Waals surface area contributed by atoms with Crippen LogP contribution in [-0.2, 0) is 21.1 Å². The standard InChI is InChI=1S/C16H21N3OS.C6H4Cl.2C2H6.W/c1-17-9-13(11-20)19-8-7-14-15(10-19)21-16(18-14)12-5-3-2-4-6-12;7-6-4-2-1-3-5-6;2*1-2;/h2-6,11,16-18,20H,7-10H2,1H3;1-2,4-5H;2*1-2H3;/q;-1;;;/b13-11-;;;;. The number of likely N-dealkylation sites (N-methyl/N-ethyl adjacent to an activating group) is 1. The minimum absolute atomic E-state index is 0. The number of nitrogens with zero attached hydrogens (tertiary/aromatic N) is 1. The predicted molar refractivity (Wildman–Crippen MR) is 141 cm³/mol. The van der Waals surface area contributed by atoms with E-state index in [0.29, 0.717) is 11.9 Å². The van der Waals surface area contributed by atoms with Gasteiger partial charge in [-0.1, -0.05) is 74.8 Å². The number of nitrogens with one attached hydrogen (secondary N) is 2. The molecule has 182 valence electrons. The van der Waals surface area contributed by atoms with Crippen LogP contribution in [0, 0.1) is 6.07 Å². The van der Waals surface area contributed by atoms with Gasteiger partial charge in [-0.3, -0.25) is 0 Å². The molecule has 0 aromatic heterocycles. The van der Waals surface area contributed by atoms with E-state index in [-0.39, 0.29) is 21.1 Å². The molecule has 4 nitrogen and oxygen atoms in total. The van der Waals surface area contributed by atoms with Gasteiger partial charge in [-0.25, -0.2) is 0 Å². The first-order valence-corrected chi connectivity index (χ1v) is 12.5. The molecule has 2 aliphatic heterocycles. The van der Waals surface area contributed by atoms with Crippen LogP contribution in [0.25, 0.3) is 0 Å². The van der Waals surface area contributed by atoms with Crippen LogP contribution < -0.4 is 10.6 Å². The molecule has 1 atom stereocenters. The largest absolute Gasteiger partial charge is 0.514 e. The molecule has 0 aliphatic carbocycles. The quantitative estimate of drug-likeness (QED) is 0.251. The van der Waals surface area contributed by atoms with Crippen molar-refractivity contribution in [2.45, 2.75) is 39.5 Å². The van der Waals surface area contributed by atoms with Gasteiger partial charge in [0.1, 0.15) is 5.37 Å². The van der Waals surface area contributed by atoms with Gasteiger partial charge in [-0.05, 0) is 12.6 Å². The van der Waals surface area contributed by atoms with Gasteiger partial charge < -0.3 is 20.6 Å². The van der Waals surface area contributed by atoms with Gasteiger partial charge in [0.15, 0.2) is 0 Å². The fraction of sp³-hybridized carbons (Fsp3) is 0.385. The molecule has 0 spiro atoms. The molecule has 0 bridgehead atoms. The van der Waals surface area contributed by atoms with Crippen molar-refractivity contribution in [2.24, 2.45) is 0 Å². The number of hydrogen-bond donors (Lipinski definition) is 3. The zero-order chi connectivity index (χ0) is 23.8. The first kappa shape index (κ1) is 31.6. The second-order valence-corrected chi connectivity index (χ2v) is 8.13. The molecule has 1 unspecified atom stereocenters. The molecule has 0 radical (unpaired) electrons. The van der Waals surface area contributed by atoms with E-state index in [2.05, 4.69) is 45.9 Å². The van der Waals surface area contributed by atoms with Crippen molar-refractivity contribution in [3.63, 3.8) is 0 Å². The summed E-state index contributed by atoms with van der Waals surface area (Å²) in [5.74, 6) is 0. The van der Waals surface area contributed by atoms with E-state index < -0.39 is 0 Å². The van der Waals surface area contributed by atoms with Gasteiger partial charge in [0.25, 0.3) is 0 Å². The molecule has 0 fully saturated rings. The fourth-order valence-electron chi connectivity index (χ4n) is 3.14. The maximum atomic E-state index is 9.40. The summed E-state index contributed by atoms with van der Waals surface area (Å²) < 4.78 is 0. The van der Waals surface area contributed by atoms with Gasteiger partial charge in [0, 0.05) is 51.2 Å². The maximum Gasteiger partial charge on any atom is 0.102 e. The molecule has 2 aliphatic rings. The second kappa shape index (κ2) is 19.0. The molecule has 2 aromatic carbocycles. The van der Waals surface area contributed by atoms with E-state index in [4.69, 9.17) is 11.6 Å². The Morgan fingerprint density at radius 1 is 1.21 bits per heavy atom. The third-order valence-electron chi connectivity index (χ3n) is 4.55. The Labute approximate surface area is 224 Å². The molecular formula is C26H37ClN3OSW-. The second-order valence-electron chi connectivity index (χ2n) is 6.50. The molecule has 2 heterocycles. The number of thioether (sulfide) groups is 1. The number of hydrogen-bond acceptors (Lipinski definition) is 5. The van der Waals surface area contributed by atoms with Crippen LogP contribution in [0.1, 0.15) is 45.1 Å². The molecule has 0 saturated heterocycles. The topological polar surface area (TPSA) is 47.5 Å². The first-order chi connectivity index (χ1) is 15.7. The fourth-order valence-corrected chi connectivity index (χ4v) is 4.59. The van der Waals surface area contributed by atoms with Crippen molar-refractivity contribution < 1.29 is 26.2 Å². The van der Waals surface area contributed by atoms with E-state index in [1.807, 2.05) is 70.8 Å². The summed E-state index contributed by atoms with van der Waals surface area (Å²) >= 11 is 7.40. The minimum atomic E-state index is 0. The Morgan fingerprint density at radius 2 is 1.91 bits per heavy atom. The van der Waals surface area contributed by atoms with E-state index in [0.717, 1.165) is 30.2 Å². The van der Waals surface area contributed by atoms with E-state index in [1.54, 1.807) is 6.07 Å². The number of benzene rings is 2. The zero-order valence-electron chi connectivity index (χ0n) is 20.3.